The molecule has 0 bridgehead atoms. The Kier molecular flexibility index (Phi) is 5.84. The van der Waals surface area contributed by atoms with Gasteiger partial charge in [-0.1, -0.05) is 18.2 Å². The first-order valence-corrected chi connectivity index (χ1v) is 9.65. The summed E-state index contributed by atoms with van der Waals surface area (Å²) in [4.78, 5) is 33.9. The van der Waals surface area contributed by atoms with Crippen molar-refractivity contribution in [3.05, 3.63) is 107 Å². The number of rotatable bonds is 6. The number of carbonyl (C=O) groups is 1. The highest BCUT2D eigenvalue weighted by atomic mass is 16.5. The van der Waals surface area contributed by atoms with Gasteiger partial charge in [-0.05, 0) is 42.0 Å². The van der Waals surface area contributed by atoms with E-state index in [0.29, 0.717) is 12.2 Å². The van der Waals surface area contributed by atoms with E-state index < -0.39 is 0 Å². The molecule has 0 saturated carbocycles. The first kappa shape index (κ1) is 20.0. The average molecular weight is 412 g/mol. The summed E-state index contributed by atoms with van der Waals surface area (Å²) in [6.07, 6.45) is 6.64. The van der Waals surface area contributed by atoms with Crippen LogP contribution in [0.4, 0.5) is 0 Å². The molecule has 31 heavy (non-hydrogen) atoms. The van der Waals surface area contributed by atoms with Gasteiger partial charge in [0.15, 0.2) is 0 Å². The number of carbonyl (C=O) groups excluding carboxylic acids is 1. The number of benzene rings is 1. The van der Waals surface area contributed by atoms with Crippen LogP contribution in [0.25, 0.3) is 16.9 Å². The second kappa shape index (κ2) is 9.04. The van der Waals surface area contributed by atoms with Crippen LogP contribution in [-0.4, -0.2) is 27.6 Å². The zero-order valence-electron chi connectivity index (χ0n) is 16.9. The van der Waals surface area contributed by atoms with Crippen LogP contribution < -0.4 is 15.6 Å². The fraction of sp³-hybridized carbons (Fsp3) is 0.0833. The zero-order valence-corrected chi connectivity index (χ0v) is 16.9. The first-order valence-electron chi connectivity index (χ1n) is 9.65. The van der Waals surface area contributed by atoms with E-state index in [1.807, 2.05) is 42.5 Å². The Bertz CT molecular complexity index is 1250. The van der Waals surface area contributed by atoms with Gasteiger partial charge in [0.25, 0.3) is 11.5 Å². The van der Waals surface area contributed by atoms with Gasteiger partial charge in [-0.15, -0.1) is 0 Å². The zero-order chi connectivity index (χ0) is 21.6. The minimum absolute atomic E-state index is 0.223. The summed E-state index contributed by atoms with van der Waals surface area (Å²) < 4.78 is 6.70. The highest BCUT2D eigenvalue weighted by Gasteiger charge is 2.16. The number of amides is 1. The normalized spacial score (nSPS) is 10.5. The van der Waals surface area contributed by atoms with E-state index in [4.69, 9.17) is 4.74 Å². The summed E-state index contributed by atoms with van der Waals surface area (Å²) in [6, 6.07) is 17.9. The second-order valence-electron chi connectivity index (χ2n) is 6.77. The quantitative estimate of drug-likeness (QED) is 0.525. The first-order chi connectivity index (χ1) is 15.2. The summed E-state index contributed by atoms with van der Waals surface area (Å²) in [5.74, 6) is -0.123. The van der Waals surface area contributed by atoms with Crippen molar-refractivity contribution >= 4 is 5.91 Å². The van der Waals surface area contributed by atoms with Gasteiger partial charge in [-0.25, -0.2) is 0 Å². The number of hydrogen-bond donors (Lipinski definition) is 1. The Labute approximate surface area is 179 Å². The minimum Gasteiger partial charge on any atom is -0.496 e. The van der Waals surface area contributed by atoms with E-state index in [9.17, 15) is 9.59 Å². The lowest BCUT2D eigenvalue weighted by atomic mass is 10.1. The van der Waals surface area contributed by atoms with Crippen molar-refractivity contribution in [2.75, 3.05) is 7.11 Å². The summed E-state index contributed by atoms with van der Waals surface area (Å²) >= 11 is 0. The molecule has 0 aliphatic rings. The summed E-state index contributed by atoms with van der Waals surface area (Å²) in [5, 5.41) is 2.89. The van der Waals surface area contributed by atoms with E-state index in [-0.39, 0.29) is 22.8 Å². The van der Waals surface area contributed by atoms with Crippen molar-refractivity contribution in [3.8, 4) is 22.7 Å². The molecule has 0 fully saturated rings. The molecule has 0 unspecified atom stereocenters. The third-order valence-corrected chi connectivity index (χ3v) is 4.75. The average Bonchev–Trinajstić information content (AvgIpc) is 2.83. The number of para-hydroxylation sites is 1. The molecular weight excluding hydrogens is 392 g/mol. The lowest BCUT2D eigenvalue weighted by Gasteiger charge is -2.13. The summed E-state index contributed by atoms with van der Waals surface area (Å²) in [7, 11) is 1.43. The Morgan fingerprint density at radius 3 is 2.65 bits per heavy atom. The van der Waals surface area contributed by atoms with Crippen LogP contribution in [0.1, 0.15) is 15.9 Å². The molecule has 0 atom stereocenters. The second-order valence-corrected chi connectivity index (χ2v) is 6.77. The molecule has 0 spiro atoms. The molecule has 154 valence electrons. The number of nitrogens with one attached hydrogen (secondary N) is 1. The van der Waals surface area contributed by atoms with Crippen LogP contribution in [0, 0.1) is 0 Å². The van der Waals surface area contributed by atoms with Crippen LogP contribution in [0.5, 0.6) is 5.75 Å². The monoisotopic (exact) mass is 412 g/mol. The number of ether oxygens (including phenoxy) is 1. The standard InChI is InChI=1S/C24H20N4O3/c1-31-22-13-23(29)28(19-7-3-2-4-8-19)16-20(22)24(30)27-14-17-9-11-26-21(12-17)18-6-5-10-25-15-18/h2-13,15-16H,14H2,1H3,(H,27,30). The van der Waals surface area contributed by atoms with E-state index in [1.165, 1.54) is 23.9 Å². The third kappa shape index (κ3) is 4.51. The molecule has 4 aromatic rings. The third-order valence-electron chi connectivity index (χ3n) is 4.75. The fourth-order valence-electron chi connectivity index (χ4n) is 3.18. The molecule has 7 heteroatoms. The molecule has 0 saturated heterocycles. The van der Waals surface area contributed by atoms with Crippen molar-refractivity contribution in [2.24, 2.45) is 0 Å². The Balaban J connectivity index is 1.57. The molecule has 3 heterocycles. The van der Waals surface area contributed by atoms with Gasteiger partial charge in [0, 0.05) is 48.6 Å². The Morgan fingerprint density at radius 1 is 1.06 bits per heavy atom. The number of aromatic nitrogens is 3. The smallest absolute Gasteiger partial charge is 0.258 e. The SMILES string of the molecule is COc1cc(=O)n(-c2ccccc2)cc1C(=O)NCc1ccnc(-c2cccnc2)c1. The molecule has 0 aliphatic carbocycles. The van der Waals surface area contributed by atoms with Crippen molar-refractivity contribution in [2.45, 2.75) is 6.54 Å². The number of pyridine rings is 3. The van der Waals surface area contributed by atoms with Crippen molar-refractivity contribution in [3.63, 3.8) is 0 Å². The van der Waals surface area contributed by atoms with E-state index in [1.54, 1.807) is 30.7 Å². The maximum atomic E-state index is 12.9. The van der Waals surface area contributed by atoms with Crippen LogP contribution in [0.15, 0.2) is 90.2 Å². The molecule has 4 rings (SSSR count). The van der Waals surface area contributed by atoms with E-state index >= 15 is 0 Å². The predicted molar refractivity (Wildman–Crippen MR) is 117 cm³/mol. The largest absolute Gasteiger partial charge is 0.496 e. The van der Waals surface area contributed by atoms with Gasteiger partial charge in [0.05, 0.1) is 18.4 Å². The maximum Gasteiger partial charge on any atom is 0.258 e. The van der Waals surface area contributed by atoms with E-state index in [0.717, 1.165) is 16.8 Å². The Hall–Kier alpha value is -4.26. The van der Waals surface area contributed by atoms with Crippen LogP contribution in [-0.2, 0) is 6.54 Å². The minimum atomic E-state index is -0.346. The molecule has 1 N–H and O–H groups in total. The summed E-state index contributed by atoms with van der Waals surface area (Å²) in [6.45, 7) is 0.294. The van der Waals surface area contributed by atoms with Gasteiger partial charge in [0.1, 0.15) is 5.75 Å². The molecule has 3 aromatic heterocycles. The molecule has 7 nitrogen and oxygen atoms in total. The van der Waals surface area contributed by atoms with Crippen LogP contribution in [0.3, 0.4) is 0 Å². The van der Waals surface area contributed by atoms with Crippen LogP contribution >= 0.6 is 0 Å². The fourth-order valence-corrected chi connectivity index (χ4v) is 3.18. The number of methoxy groups -OCH3 is 1. The highest BCUT2D eigenvalue weighted by Crippen LogP contribution is 2.19. The highest BCUT2D eigenvalue weighted by molar-refractivity contribution is 5.96. The maximum absolute atomic E-state index is 12.9. The number of hydrogen-bond acceptors (Lipinski definition) is 5. The van der Waals surface area contributed by atoms with Gasteiger partial charge >= 0.3 is 0 Å². The Morgan fingerprint density at radius 2 is 1.90 bits per heavy atom. The molecular formula is C24H20N4O3. The van der Waals surface area contributed by atoms with Crippen molar-refractivity contribution < 1.29 is 9.53 Å². The molecule has 1 amide bonds. The predicted octanol–water partition coefficient (Wildman–Crippen LogP) is 3.23. The lowest BCUT2D eigenvalue weighted by Crippen LogP contribution is -2.27. The van der Waals surface area contributed by atoms with E-state index in [2.05, 4.69) is 15.3 Å². The van der Waals surface area contributed by atoms with Crippen LogP contribution in [0.2, 0.25) is 0 Å². The topological polar surface area (TPSA) is 86.1 Å². The van der Waals surface area contributed by atoms with Gasteiger partial charge in [-0.3, -0.25) is 24.1 Å². The number of nitrogens with zero attached hydrogens (tertiary/aromatic N) is 3. The summed E-state index contributed by atoms with van der Waals surface area (Å²) in [5.41, 5.74) is 3.21. The van der Waals surface area contributed by atoms with Crippen molar-refractivity contribution in [1.29, 1.82) is 0 Å². The molecule has 0 radical (unpaired) electrons. The van der Waals surface area contributed by atoms with Gasteiger partial charge in [0.2, 0.25) is 0 Å². The van der Waals surface area contributed by atoms with Crippen molar-refractivity contribution in [1.82, 2.24) is 19.9 Å². The molecule has 1 aromatic carbocycles. The molecule has 0 aliphatic heterocycles. The lowest BCUT2D eigenvalue weighted by molar-refractivity contribution is 0.0947. The van der Waals surface area contributed by atoms with Gasteiger partial charge < -0.3 is 10.1 Å². The van der Waals surface area contributed by atoms with Gasteiger partial charge in [-0.2, -0.15) is 0 Å².